The van der Waals surface area contributed by atoms with Crippen LogP contribution in [0.2, 0.25) is 0 Å². The van der Waals surface area contributed by atoms with Gasteiger partial charge in [-0.25, -0.2) is 0 Å². The lowest BCUT2D eigenvalue weighted by Crippen LogP contribution is -2.28. The number of nitrogens with one attached hydrogen (secondary N) is 1. The van der Waals surface area contributed by atoms with E-state index >= 15 is 0 Å². The lowest BCUT2D eigenvalue weighted by molar-refractivity contribution is 0.0793. The van der Waals surface area contributed by atoms with Crippen LogP contribution in [-0.2, 0) is 0 Å². The first-order valence-corrected chi connectivity index (χ1v) is 6.22. The monoisotopic (exact) mass is 233 g/mol. The zero-order valence-corrected chi connectivity index (χ0v) is 10.5. The summed E-state index contributed by atoms with van der Waals surface area (Å²) in [4.78, 5) is 18.4. The number of carbonyl (C=O) groups excluding carboxylic acids is 1. The molecule has 92 valence electrons. The predicted octanol–water partition coefficient (Wildman–Crippen LogP) is 2.06. The second kappa shape index (κ2) is 5.17. The second-order valence-electron chi connectivity index (χ2n) is 4.40. The van der Waals surface area contributed by atoms with Gasteiger partial charge in [-0.2, -0.15) is 0 Å². The van der Waals surface area contributed by atoms with Crippen molar-refractivity contribution >= 4 is 11.6 Å². The van der Waals surface area contributed by atoms with E-state index in [1.807, 2.05) is 24.8 Å². The Morgan fingerprint density at radius 3 is 2.82 bits per heavy atom. The zero-order chi connectivity index (χ0) is 12.3. The average molecular weight is 233 g/mol. The quantitative estimate of drug-likeness (QED) is 0.869. The van der Waals surface area contributed by atoms with Crippen LogP contribution in [0, 0.1) is 6.92 Å². The highest BCUT2D eigenvalue weighted by atomic mass is 16.2. The Kier molecular flexibility index (Phi) is 3.61. The number of rotatable bonds is 3. The molecule has 4 nitrogen and oxygen atoms in total. The van der Waals surface area contributed by atoms with E-state index in [0.29, 0.717) is 5.56 Å². The average Bonchev–Trinajstić information content (AvgIpc) is 2.82. The number of hydrogen-bond donors (Lipinski definition) is 1. The standard InChI is InChI=1S/C13H19N3O/c1-3-14-12-8-10(2)15-9-11(12)13(17)16-6-4-5-7-16/h8-9H,3-7H2,1-2H3,(H,14,15). The molecular weight excluding hydrogens is 214 g/mol. The summed E-state index contributed by atoms with van der Waals surface area (Å²) in [5, 5.41) is 3.23. The van der Waals surface area contributed by atoms with Crippen molar-refractivity contribution in [1.82, 2.24) is 9.88 Å². The number of amides is 1. The van der Waals surface area contributed by atoms with Crippen LogP contribution in [0.15, 0.2) is 12.3 Å². The molecule has 1 amide bonds. The van der Waals surface area contributed by atoms with Gasteiger partial charge in [0.25, 0.3) is 5.91 Å². The first-order chi connectivity index (χ1) is 8.22. The minimum absolute atomic E-state index is 0.103. The molecule has 0 spiro atoms. The molecule has 1 fully saturated rings. The number of pyridine rings is 1. The van der Waals surface area contributed by atoms with E-state index in [-0.39, 0.29) is 5.91 Å². The summed E-state index contributed by atoms with van der Waals surface area (Å²) < 4.78 is 0. The predicted molar refractivity (Wildman–Crippen MR) is 68.3 cm³/mol. The Morgan fingerprint density at radius 1 is 1.47 bits per heavy atom. The summed E-state index contributed by atoms with van der Waals surface area (Å²) in [6.07, 6.45) is 3.91. The minimum Gasteiger partial charge on any atom is -0.385 e. The molecule has 0 radical (unpaired) electrons. The highest BCUT2D eigenvalue weighted by Crippen LogP contribution is 2.20. The van der Waals surface area contributed by atoms with Crippen molar-refractivity contribution in [1.29, 1.82) is 0 Å². The molecule has 1 aromatic rings. The summed E-state index contributed by atoms with van der Waals surface area (Å²) in [6, 6.07) is 1.94. The van der Waals surface area contributed by atoms with Gasteiger partial charge in [-0.1, -0.05) is 0 Å². The topological polar surface area (TPSA) is 45.2 Å². The molecule has 0 saturated carbocycles. The fraction of sp³-hybridized carbons (Fsp3) is 0.538. The summed E-state index contributed by atoms with van der Waals surface area (Å²) in [5.41, 5.74) is 2.52. The van der Waals surface area contributed by atoms with Crippen LogP contribution < -0.4 is 5.32 Å². The lowest BCUT2D eigenvalue weighted by atomic mass is 10.2. The fourth-order valence-corrected chi connectivity index (χ4v) is 2.16. The molecular formula is C13H19N3O. The van der Waals surface area contributed by atoms with E-state index in [1.165, 1.54) is 0 Å². The van der Waals surface area contributed by atoms with Gasteiger partial charge in [0.1, 0.15) is 0 Å². The van der Waals surface area contributed by atoms with E-state index in [4.69, 9.17) is 0 Å². The van der Waals surface area contributed by atoms with Gasteiger partial charge in [0, 0.05) is 31.5 Å². The summed E-state index contributed by atoms with van der Waals surface area (Å²) in [6.45, 7) is 6.52. The van der Waals surface area contributed by atoms with Crippen molar-refractivity contribution in [2.45, 2.75) is 26.7 Å². The van der Waals surface area contributed by atoms with Crippen molar-refractivity contribution in [2.24, 2.45) is 0 Å². The number of anilines is 1. The molecule has 0 atom stereocenters. The van der Waals surface area contributed by atoms with E-state index in [2.05, 4.69) is 10.3 Å². The van der Waals surface area contributed by atoms with Crippen LogP contribution in [-0.4, -0.2) is 35.4 Å². The fourth-order valence-electron chi connectivity index (χ4n) is 2.16. The molecule has 2 heterocycles. The van der Waals surface area contributed by atoms with Crippen LogP contribution in [0.4, 0.5) is 5.69 Å². The first-order valence-electron chi connectivity index (χ1n) is 6.22. The zero-order valence-electron chi connectivity index (χ0n) is 10.5. The normalized spacial score (nSPS) is 15.1. The molecule has 0 aliphatic carbocycles. The number of likely N-dealkylation sites (tertiary alicyclic amines) is 1. The molecule has 1 saturated heterocycles. The Balaban J connectivity index is 2.26. The maximum absolute atomic E-state index is 12.3. The van der Waals surface area contributed by atoms with Crippen molar-refractivity contribution < 1.29 is 4.79 Å². The van der Waals surface area contributed by atoms with Crippen LogP contribution in [0.1, 0.15) is 35.8 Å². The highest BCUT2D eigenvalue weighted by Gasteiger charge is 2.22. The van der Waals surface area contributed by atoms with Crippen molar-refractivity contribution in [3.63, 3.8) is 0 Å². The molecule has 0 unspecified atom stereocenters. The molecule has 0 aromatic carbocycles. The van der Waals surface area contributed by atoms with Crippen molar-refractivity contribution in [3.8, 4) is 0 Å². The third-order valence-electron chi connectivity index (χ3n) is 3.03. The lowest BCUT2D eigenvalue weighted by Gasteiger charge is -2.18. The Morgan fingerprint density at radius 2 is 2.18 bits per heavy atom. The molecule has 1 N–H and O–H groups in total. The smallest absolute Gasteiger partial charge is 0.257 e. The van der Waals surface area contributed by atoms with Gasteiger partial charge < -0.3 is 10.2 Å². The minimum atomic E-state index is 0.103. The van der Waals surface area contributed by atoms with E-state index in [9.17, 15) is 4.79 Å². The number of hydrogen-bond acceptors (Lipinski definition) is 3. The third kappa shape index (κ3) is 2.57. The molecule has 1 aliphatic rings. The van der Waals surface area contributed by atoms with Crippen molar-refractivity contribution in [2.75, 3.05) is 25.0 Å². The Hall–Kier alpha value is -1.58. The number of nitrogens with zero attached hydrogens (tertiary/aromatic N) is 2. The van der Waals surface area contributed by atoms with Gasteiger partial charge in [-0.3, -0.25) is 9.78 Å². The van der Waals surface area contributed by atoms with Crippen LogP contribution in [0.5, 0.6) is 0 Å². The molecule has 4 heteroatoms. The first kappa shape index (κ1) is 11.9. The summed E-state index contributed by atoms with van der Waals surface area (Å²) in [7, 11) is 0. The van der Waals surface area contributed by atoms with E-state index < -0.39 is 0 Å². The van der Waals surface area contributed by atoms with Crippen LogP contribution in [0.3, 0.4) is 0 Å². The van der Waals surface area contributed by atoms with Gasteiger partial charge in [0.2, 0.25) is 0 Å². The summed E-state index contributed by atoms with van der Waals surface area (Å²) >= 11 is 0. The number of aryl methyl sites for hydroxylation is 1. The van der Waals surface area contributed by atoms with Crippen LogP contribution in [0.25, 0.3) is 0 Å². The molecule has 17 heavy (non-hydrogen) atoms. The van der Waals surface area contributed by atoms with Crippen molar-refractivity contribution in [3.05, 3.63) is 23.5 Å². The maximum atomic E-state index is 12.3. The largest absolute Gasteiger partial charge is 0.385 e. The summed E-state index contributed by atoms with van der Waals surface area (Å²) in [5.74, 6) is 0.103. The van der Waals surface area contributed by atoms with Gasteiger partial charge in [-0.05, 0) is 32.8 Å². The molecule has 2 rings (SSSR count). The van der Waals surface area contributed by atoms with Gasteiger partial charge in [0.15, 0.2) is 0 Å². The second-order valence-corrected chi connectivity index (χ2v) is 4.40. The maximum Gasteiger partial charge on any atom is 0.257 e. The third-order valence-corrected chi connectivity index (χ3v) is 3.03. The SMILES string of the molecule is CCNc1cc(C)ncc1C(=O)N1CCCC1. The number of carbonyl (C=O) groups is 1. The van der Waals surface area contributed by atoms with Gasteiger partial charge in [0.05, 0.1) is 11.3 Å². The number of aromatic nitrogens is 1. The molecule has 1 aliphatic heterocycles. The van der Waals surface area contributed by atoms with E-state index in [1.54, 1.807) is 6.20 Å². The highest BCUT2D eigenvalue weighted by molar-refractivity contribution is 5.99. The Labute approximate surface area is 102 Å². The molecule has 1 aromatic heterocycles. The Bertz CT molecular complexity index is 411. The molecule has 0 bridgehead atoms. The van der Waals surface area contributed by atoms with Crippen LogP contribution >= 0.6 is 0 Å². The van der Waals surface area contributed by atoms with Gasteiger partial charge >= 0.3 is 0 Å². The van der Waals surface area contributed by atoms with E-state index in [0.717, 1.165) is 43.9 Å². The van der Waals surface area contributed by atoms with Gasteiger partial charge in [-0.15, -0.1) is 0 Å².